The summed E-state index contributed by atoms with van der Waals surface area (Å²) in [6, 6.07) is 0. The second-order valence-corrected chi connectivity index (χ2v) is 5.16. The van der Waals surface area contributed by atoms with Crippen LogP contribution in [-0.4, -0.2) is 47.4 Å². The molecule has 2 amide bonds. The molecule has 1 aliphatic carbocycles. The van der Waals surface area contributed by atoms with Crippen molar-refractivity contribution in [3.63, 3.8) is 0 Å². The fraction of sp³-hybridized carbons (Fsp3) is 0.727. The Morgan fingerprint density at radius 3 is 2.78 bits per heavy atom. The van der Waals surface area contributed by atoms with Crippen molar-refractivity contribution in [2.75, 3.05) is 19.6 Å². The molecule has 0 unspecified atom stereocenters. The molecule has 100 valence electrons. The highest BCUT2D eigenvalue weighted by molar-refractivity contribution is 6.08. The second kappa shape index (κ2) is 4.47. The lowest BCUT2D eigenvalue weighted by Gasteiger charge is -2.46. The van der Waals surface area contributed by atoms with Crippen molar-refractivity contribution in [3.8, 4) is 0 Å². The number of nitrogens with zero attached hydrogens (tertiary/aromatic N) is 2. The molecule has 7 heteroatoms. The number of oxime groups is 1. The molecule has 0 bridgehead atoms. The maximum Gasteiger partial charge on any atom is 0.239 e. The van der Waals surface area contributed by atoms with Crippen LogP contribution < -0.4 is 11.1 Å². The van der Waals surface area contributed by atoms with Gasteiger partial charge in [0.2, 0.25) is 11.8 Å². The summed E-state index contributed by atoms with van der Waals surface area (Å²) in [4.78, 5) is 25.3. The van der Waals surface area contributed by atoms with Gasteiger partial charge in [-0.1, -0.05) is 12.1 Å². The normalized spacial score (nSPS) is 32.7. The lowest BCUT2D eigenvalue weighted by Crippen LogP contribution is -2.61. The highest BCUT2D eigenvalue weighted by atomic mass is 16.4. The number of amides is 2. The Hall–Kier alpha value is -1.79. The van der Waals surface area contributed by atoms with Crippen LogP contribution in [0.25, 0.3) is 0 Å². The predicted octanol–water partition coefficient (Wildman–Crippen LogP) is -0.892. The minimum Gasteiger partial charge on any atom is -0.409 e. The smallest absolute Gasteiger partial charge is 0.239 e. The third-order valence-corrected chi connectivity index (χ3v) is 3.73. The van der Waals surface area contributed by atoms with Gasteiger partial charge >= 0.3 is 0 Å². The number of amidine groups is 1. The predicted molar refractivity (Wildman–Crippen MR) is 63.8 cm³/mol. The third kappa shape index (κ3) is 1.89. The van der Waals surface area contributed by atoms with Gasteiger partial charge in [-0.15, -0.1) is 0 Å². The standard InChI is InChI=1S/C11H18N4O3/c1-7-4-11(5-7,9(12)14-18)10(17)15-3-2-13-8(16)6-15/h7,18H,2-6H2,1H3,(H2,12,14)(H,13,16). The Morgan fingerprint density at radius 1 is 1.61 bits per heavy atom. The molecule has 1 heterocycles. The largest absolute Gasteiger partial charge is 0.409 e. The highest BCUT2D eigenvalue weighted by Gasteiger charge is 2.54. The van der Waals surface area contributed by atoms with Crippen molar-refractivity contribution in [3.05, 3.63) is 0 Å². The summed E-state index contributed by atoms with van der Waals surface area (Å²) in [5.74, 6) is -0.0492. The Bertz CT molecular complexity index is 401. The van der Waals surface area contributed by atoms with Crippen LogP contribution in [0.3, 0.4) is 0 Å². The van der Waals surface area contributed by atoms with E-state index in [-0.39, 0.29) is 24.2 Å². The first-order valence-electron chi connectivity index (χ1n) is 6.03. The summed E-state index contributed by atoms with van der Waals surface area (Å²) in [6.45, 7) is 2.98. The van der Waals surface area contributed by atoms with Crippen LogP contribution in [0.15, 0.2) is 5.16 Å². The average Bonchev–Trinajstić information content (AvgIpc) is 2.33. The van der Waals surface area contributed by atoms with Crippen LogP contribution in [0.5, 0.6) is 0 Å². The Morgan fingerprint density at radius 2 is 2.28 bits per heavy atom. The Balaban J connectivity index is 2.17. The summed E-state index contributed by atoms with van der Waals surface area (Å²) in [7, 11) is 0. The van der Waals surface area contributed by atoms with Gasteiger partial charge in [0.25, 0.3) is 0 Å². The fourth-order valence-electron chi connectivity index (χ4n) is 2.83. The summed E-state index contributed by atoms with van der Waals surface area (Å²) in [6.07, 6.45) is 1.14. The van der Waals surface area contributed by atoms with Crippen molar-refractivity contribution >= 4 is 17.6 Å². The summed E-state index contributed by atoms with van der Waals surface area (Å²) < 4.78 is 0. The number of carbonyl (C=O) groups is 2. The molecule has 1 saturated heterocycles. The van der Waals surface area contributed by atoms with Crippen LogP contribution in [0.1, 0.15) is 19.8 Å². The number of piperazine rings is 1. The molecule has 2 aliphatic rings. The topological polar surface area (TPSA) is 108 Å². The number of hydrogen-bond acceptors (Lipinski definition) is 4. The van der Waals surface area contributed by atoms with Crippen LogP contribution >= 0.6 is 0 Å². The molecule has 1 saturated carbocycles. The van der Waals surface area contributed by atoms with E-state index in [9.17, 15) is 9.59 Å². The van der Waals surface area contributed by atoms with Gasteiger partial charge in [-0.25, -0.2) is 0 Å². The molecule has 0 aromatic rings. The zero-order chi connectivity index (χ0) is 13.3. The first-order chi connectivity index (χ1) is 8.49. The SMILES string of the molecule is CC1CC(C(=O)N2CCNC(=O)C2)(C(N)=NO)C1. The lowest BCUT2D eigenvalue weighted by atomic mass is 9.61. The maximum atomic E-state index is 12.5. The van der Waals surface area contributed by atoms with E-state index in [1.54, 1.807) is 0 Å². The fourth-order valence-corrected chi connectivity index (χ4v) is 2.83. The molecule has 18 heavy (non-hydrogen) atoms. The van der Waals surface area contributed by atoms with Crippen LogP contribution in [0, 0.1) is 11.3 Å². The zero-order valence-electron chi connectivity index (χ0n) is 10.3. The van der Waals surface area contributed by atoms with Gasteiger partial charge in [-0.05, 0) is 18.8 Å². The molecule has 4 N–H and O–H groups in total. The highest BCUT2D eigenvalue weighted by Crippen LogP contribution is 2.47. The van der Waals surface area contributed by atoms with E-state index in [1.807, 2.05) is 6.92 Å². The van der Waals surface area contributed by atoms with E-state index in [0.717, 1.165) is 0 Å². The molecule has 0 aromatic carbocycles. The van der Waals surface area contributed by atoms with E-state index in [2.05, 4.69) is 10.5 Å². The van der Waals surface area contributed by atoms with Crippen molar-refractivity contribution < 1.29 is 14.8 Å². The molecule has 0 radical (unpaired) electrons. The van der Waals surface area contributed by atoms with E-state index in [0.29, 0.717) is 31.8 Å². The monoisotopic (exact) mass is 254 g/mol. The Labute approximate surface area is 105 Å². The summed E-state index contributed by atoms with van der Waals surface area (Å²) in [5.41, 5.74) is 4.76. The molecule has 1 aliphatic heterocycles. The van der Waals surface area contributed by atoms with Crippen molar-refractivity contribution in [1.82, 2.24) is 10.2 Å². The number of hydrogen-bond donors (Lipinski definition) is 3. The molecular formula is C11H18N4O3. The number of rotatable bonds is 2. The van der Waals surface area contributed by atoms with Crippen LogP contribution in [0.2, 0.25) is 0 Å². The minimum atomic E-state index is -0.911. The van der Waals surface area contributed by atoms with E-state index >= 15 is 0 Å². The minimum absolute atomic E-state index is 0.0448. The van der Waals surface area contributed by atoms with Gasteiger partial charge in [0.1, 0.15) is 5.41 Å². The first-order valence-corrected chi connectivity index (χ1v) is 6.03. The van der Waals surface area contributed by atoms with E-state index in [1.165, 1.54) is 4.90 Å². The average molecular weight is 254 g/mol. The number of nitrogens with two attached hydrogens (primary N) is 1. The summed E-state index contributed by atoms with van der Waals surface area (Å²) in [5, 5.41) is 14.5. The second-order valence-electron chi connectivity index (χ2n) is 5.16. The van der Waals surface area contributed by atoms with Gasteiger partial charge in [0.05, 0.1) is 6.54 Å². The van der Waals surface area contributed by atoms with Gasteiger partial charge in [-0.2, -0.15) is 0 Å². The lowest BCUT2D eigenvalue weighted by molar-refractivity contribution is -0.148. The number of carbonyl (C=O) groups excluding carboxylic acids is 2. The zero-order valence-corrected chi connectivity index (χ0v) is 10.3. The molecule has 7 nitrogen and oxygen atoms in total. The van der Waals surface area contributed by atoms with Gasteiger partial charge < -0.3 is 21.2 Å². The van der Waals surface area contributed by atoms with Crippen molar-refractivity contribution in [1.29, 1.82) is 0 Å². The van der Waals surface area contributed by atoms with E-state index in [4.69, 9.17) is 10.9 Å². The Kier molecular flexibility index (Phi) is 3.14. The molecule has 0 aromatic heterocycles. The van der Waals surface area contributed by atoms with E-state index < -0.39 is 5.41 Å². The number of nitrogens with one attached hydrogen (secondary N) is 1. The van der Waals surface area contributed by atoms with Gasteiger partial charge in [-0.3, -0.25) is 9.59 Å². The van der Waals surface area contributed by atoms with Crippen LogP contribution in [0.4, 0.5) is 0 Å². The van der Waals surface area contributed by atoms with Crippen molar-refractivity contribution in [2.45, 2.75) is 19.8 Å². The van der Waals surface area contributed by atoms with Crippen molar-refractivity contribution in [2.24, 2.45) is 22.2 Å². The summed E-state index contributed by atoms with van der Waals surface area (Å²) >= 11 is 0. The molecule has 0 atom stereocenters. The first kappa shape index (κ1) is 12.7. The molecular weight excluding hydrogens is 236 g/mol. The third-order valence-electron chi connectivity index (χ3n) is 3.73. The molecule has 0 spiro atoms. The maximum absolute atomic E-state index is 12.5. The quantitative estimate of drug-likeness (QED) is 0.257. The van der Waals surface area contributed by atoms with Gasteiger partial charge in [0.15, 0.2) is 5.84 Å². The van der Waals surface area contributed by atoms with Gasteiger partial charge in [0, 0.05) is 13.1 Å². The van der Waals surface area contributed by atoms with Crippen LogP contribution in [-0.2, 0) is 9.59 Å². The molecule has 2 fully saturated rings. The molecule has 2 rings (SSSR count).